The van der Waals surface area contributed by atoms with Gasteiger partial charge >= 0.3 is 0 Å². The fraction of sp³-hybridized carbons (Fsp3) is 0.0625. The number of rotatable bonds is 5. The number of azo groups is 1. The van der Waals surface area contributed by atoms with Crippen LogP contribution in [0.4, 0.5) is 17.1 Å². The number of nitrogens with one attached hydrogen (secondary N) is 2. The maximum Gasteiger partial charge on any atom is 0.292 e. The zero-order valence-electron chi connectivity index (χ0n) is 13.1. The molecule has 3 aromatic rings. The number of hydrogen-bond acceptors (Lipinski definition) is 6. The number of H-pyrrole nitrogens is 2. The van der Waals surface area contributed by atoms with E-state index in [1.807, 2.05) is 0 Å². The van der Waals surface area contributed by atoms with Gasteiger partial charge < -0.3 is 4.74 Å². The number of benzene rings is 2. The molecule has 2 N–H and O–H groups in total. The van der Waals surface area contributed by atoms with Gasteiger partial charge in [0.05, 0.1) is 23.4 Å². The molecule has 1 heterocycles. The molecule has 0 fully saturated rings. The lowest BCUT2D eigenvalue weighted by Gasteiger charge is -2.00. The summed E-state index contributed by atoms with van der Waals surface area (Å²) in [5.74, 6) is 0.677. The van der Waals surface area contributed by atoms with Gasteiger partial charge in [0, 0.05) is 17.7 Å². The van der Waals surface area contributed by atoms with E-state index in [2.05, 4.69) is 20.4 Å². The Labute approximate surface area is 141 Å². The van der Waals surface area contributed by atoms with Crippen LogP contribution in [0.15, 0.2) is 63.6 Å². The molecule has 0 spiro atoms. The van der Waals surface area contributed by atoms with E-state index in [0.717, 1.165) is 0 Å². The highest BCUT2D eigenvalue weighted by atomic mass is 16.6. The third-order valence-corrected chi connectivity index (χ3v) is 3.44. The molecular weight excluding hydrogens is 326 g/mol. The van der Waals surface area contributed by atoms with Crippen molar-refractivity contribution in [3.63, 3.8) is 0 Å². The minimum Gasteiger partial charge on any atom is -0.497 e. The fourth-order valence-electron chi connectivity index (χ4n) is 2.19. The van der Waals surface area contributed by atoms with Crippen molar-refractivity contribution < 1.29 is 9.66 Å². The molecule has 0 aliphatic carbocycles. The first-order chi connectivity index (χ1) is 12.1. The van der Waals surface area contributed by atoms with E-state index < -0.39 is 10.5 Å². The Hall–Kier alpha value is -3.75. The lowest BCUT2D eigenvalue weighted by atomic mass is 10.1. The third kappa shape index (κ3) is 3.44. The van der Waals surface area contributed by atoms with Gasteiger partial charge in [-0.05, 0) is 24.3 Å². The summed E-state index contributed by atoms with van der Waals surface area (Å²) in [5.41, 5.74) is 0.793. The normalized spacial score (nSPS) is 10.9. The van der Waals surface area contributed by atoms with E-state index >= 15 is 0 Å². The number of hydrogen-bond donors (Lipinski definition) is 2. The second kappa shape index (κ2) is 6.79. The molecule has 3 rings (SSSR count). The standard InChI is InChI=1S/C16H13N5O4/c1-25-13-7-5-11(6-8-13)17-19-15-14(18-20-16(15)22)10-3-2-4-12(9-10)21(23)24/h2-9H,1H3,(H2,18,20,22). The van der Waals surface area contributed by atoms with E-state index in [1.165, 1.54) is 18.2 Å². The van der Waals surface area contributed by atoms with Crippen LogP contribution >= 0.6 is 0 Å². The van der Waals surface area contributed by atoms with Crippen LogP contribution in [0.2, 0.25) is 0 Å². The Morgan fingerprint density at radius 1 is 1.08 bits per heavy atom. The zero-order valence-corrected chi connectivity index (χ0v) is 13.1. The van der Waals surface area contributed by atoms with Crippen LogP contribution in [0.25, 0.3) is 11.3 Å². The van der Waals surface area contributed by atoms with Crippen LogP contribution in [-0.2, 0) is 0 Å². The Bertz CT molecular complexity index is 988. The summed E-state index contributed by atoms with van der Waals surface area (Å²) in [6.45, 7) is 0. The predicted molar refractivity (Wildman–Crippen MR) is 90.7 cm³/mol. The van der Waals surface area contributed by atoms with Crippen molar-refractivity contribution in [2.75, 3.05) is 7.11 Å². The van der Waals surface area contributed by atoms with Crippen LogP contribution in [0.5, 0.6) is 5.75 Å². The molecule has 2 aromatic carbocycles. The molecule has 0 saturated heterocycles. The molecule has 0 saturated carbocycles. The van der Waals surface area contributed by atoms with Crippen molar-refractivity contribution in [3.05, 3.63) is 69.0 Å². The molecule has 25 heavy (non-hydrogen) atoms. The molecule has 9 nitrogen and oxygen atoms in total. The first-order valence-corrected chi connectivity index (χ1v) is 7.20. The third-order valence-electron chi connectivity index (χ3n) is 3.44. The van der Waals surface area contributed by atoms with Crippen molar-refractivity contribution in [1.29, 1.82) is 0 Å². The Morgan fingerprint density at radius 3 is 2.52 bits per heavy atom. The molecule has 9 heteroatoms. The SMILES string of the molecule is COc1ccc(N=Nc2c(-c3cccc([N+](=O)[O-])c3)[nH][nH]c2=O)cc1. The van der Waals surface area contributed by atoms with E-state index in [0.29, 0.717) is 22.7 Å². The summed E-state index contributed by atoms with van der Waals surface area (Å²) in [4.78, 5) is 22.4. The first kappa shape index (κ1) is 16.1. The summed E-state index contributed by atoms with van der Waals surface area (Å²) < 4.78 is 5.06. The summed E-state index contributed by atoms with van der Waals surface area (Å²) in [6.07, 6.45) is 0. The van der Waals surface area contributed by atoms with Crippen molar-refractivity contribution in [2.24, 2.45) is 10.2 Å². The largest absolute Gasteiger partial charge is 0.497 e. The van der Waals surface area contributed by atoms with Crippen LogP contribution in [-0.4, -0.2) is 22.2 Å². The summed E-state index contributed by atoms with van der Waals surface area (Å²) in [7, 11) is 1.56. The molecule has 0 amide bonds. The second-order valence-corrected chi connectivity index (χ2v) is 5.01. The van der Waals surface area contributed by atoms with Crippen molar-refractivity contribution in [3.8, 4) is 17.0 Å². The van der Waals surface area contributed by atoms with Crippen LogP contribution in [0.1, 0.15) is 0 Å². The lowest BCUT2D eigenvalue weighted by Crippen LogP contribution is -1.96. The lowest BCUT2D eigenvalue weighted by molar-refractivity contribution is -0.384. The highest BCUT2D eigenvalue weighted by molar-refractivity contribution is 5.72. The van der Waals surface area contributed by atoms with Crippen molar-refractivity contribution in [1.82, 2.24) is 10.2 Å². The first-order valence-electron chi connectivity index (χ1n) is 7.20. The van der Waals surface area contributed by atoms with E-state index in [4.69, 9.17) is 4.74 Å². The number of non-ortho nitro benzene ring substituents is 1. The maximum atomic E-state index is 12.0. The van der Waals surface area contributed by atoms with Crippen LogP contribution in [0.3, 0.4) is 0 Å². The minimum atomic E-state index is -0.507. The Balaban J connectivity index is 1.96. The molecular formula is C16H13N5O4. The maximum absolute atomic E-state index is 12.0. The highest BCUT2D eigenvalue weighted by Crippen LogP contribution is 2.29. The van der Waals surface area contributed by atoms with Gasteiger partial charge in [-0.15, -0.1) is 5.11 Å². The van der Waals surface area contributed by atoms with Crippen LogP contribution < -0.4 is 10.3 Å². The monoisotopic (exact) mass is 339 g/mol. The van der Waals surface area contributed by atoms with Crippen molar-refractivity contribution in [2.45, 2.75) is 0 Å². The molecule has 0 radical (unpaired) electrons. The zero-order chi connectivity index (χ0) is 17.8. The predicted octanol–water partition coefficient (Wildman–Crippen LogP) is 3.70. The average molecular weight is 339 g/mol. The number of nitro groups is 1. The molecule has 0 aliphatic heterocycles. The molecule has 0 atom stereocenters. The molecule has 126 valence electrons. The minimum absolute atomic E-state index is 0.0383. The number of aromatic nitrogens is 2. The number of aromatic amines is 2. The van der Waals surface area contributed by atoms with Crippen LogP contribution in [0, 0.1) is 10.1 Å². The van der Waals surface area contributed by atoms with Gasteiger partial charge in [0.2, 0.25) is 0 Å². The average Bonchev–Trinajstić information content (AvgIpc) is 3.01. The second-order valence-electron chi connectivity index (χ2n) is 5.01. The quantitative estimate of drug-likeness (QED) is 0.417. The van der Waals surface area contributed by atoms with E-state index in [-0.39, 0.29) is 11.4 Å². The van der Waals surface area contributed by atoms with Gasteiger partial charge in [-0.1, -0.05) is 12.1 Å². The number of methoxy groups -OCH3 is 1. The van der Waals surface area contributed by atoms with E-state index in [9.17, 15) is 14.9 Å². The van der Waals surface area contributed by atoms with Gasteiger partial charge in [-0.3, -0.25) is 25.1 Å². The molecule has 1 aromatic heterocycles. The summed E-state index contributed by atoms with van der Waals surface area (Å²) >= 11 is 0. The molecule has 0 unspecified atom stereocenters. The van der Waals surface area contributed by atoms with E-state index in [1.54, 1.807) is 37.4 Å². The number of nitrogens with zero attached hydrogens (tertiary/aromatic N) is 3. The van der Waals surface area contributed by atoms with Gasteiger partial charge in [-0.2, -0.15) is 5.11 Å². The van der Waals surface area contributed by atoms with Gasteiger partial charge in [-0.25, -0.2) is 0 Å². The number of ether oxygens (including phenoxy) is 1. The fourth-order valence-corrected chi connectivity index (χ4v) is 2.19. The van der Waals surface area contributed by atoms with Crippen molar-refractivity contribution >= 4 is 17.1 Å². The Kier molecular flexibility index (Phi) is 4.38. The summed E-state index contributed by atoms with van der Waals surface area (Å²) in [5, 5.41) is 24.0. The van der Waals surface area contributed by atoms with Gasteiger partial charge in [0.1, 0.15) is 5.75 Å². The Morgan fingerprint density at radius 2 is 1.84 bits per heavy atom. The molecule has 0 bridgehead atoms. The highest BCUT2D eigenvalue weighted by Gasteiger charge is 2.14. The summed E-state index contributed by atoms with van der Waals surface area (Å²) in [6, 6.07) is 12.7. The smallest absolute Gasteiger partial charge is 0.292 e. The topological polar surface area (TPSA) is 126 Å². The van der Waals surface area contributed by atoms with Gasteiger partial charge in [0.25, 0.3) is 11.2 Å². The molecule has 0 aliphatic rings. The van der Waals surface area contributed by atoms with Gasteiger partial charge in [0.15, 0.2) is 5.69 Å². The number of nitro benzene ring substituents is 1.